The van der Waals surface area contributed by atoms with Crippen LogP contribution in [0.25, 0.3) is 10.8 Å². The minimum atomic E-state index is -0.331. The fourth-order valence-electron chi connectivity index (χ4n) is 4.81. The molecule has 0 unspecified atom stereocenters. The van der Waals surface area contributed by atoms with E-state index in [0.29, 0.717) is 49.1 Å². The number of amides is 4. The lowest BCUT2D eigenvalue weighted by Gasteiger charge is -2.35. The number of phenols is 1. The van der Waals surface area contributed by atoms with Crippen molar-refractivity contribution in [3.63, 3.8) is 0 Å². The summed E-state index contributed by atoms with van der Waals surface area (Å²) in [6, 6.07) is 17.3. The summed E-state index contributed by atoms with van der Waals surface area (Å²) >= 11 is 0. The monoisotopic (exact) mass is 471 g/mol. The molecule has 5 rings (SSSR count). The predicted molar refractivity (Wildman–Crippen MR) is 129 cm³/mol. The molecule has 8 heteroatoms. The zero-order valence-electron chi connectivity index (χ0n) is 19.1. The van der Waals surface area contributed by atoms with Gasteiger partial charge >= 0.3 is 0 Å². The van der Waals surface area contributed by atoms with Crippen LogP contribution in [-0.2, 0) is 4.79 Å². The van der Waals surface area contributed by atoms with Crippen LogP contribution in [0, 0.1) is 0 Å². The zero-order chi connectivity index (χ0) is 24.5. The Balaban J connectivity index is 1.16. The average Bonchev–Trinajstić information content (AvgIpc) is 2.89. The van der Waals surface area contributed by atoms with Crippen LogP contribution in [0.5, 0.6) is 5.75 Å². The maximum atomic E-state index is 13.0. The third-order valence-corrected chi connectivity index (χ3v) is 6.68. The van der Waals surface area contributed by atoms with E-state index in [1.807, 2.05) is 12.1 Å². The summed E-state index contributed by atoms with van der Waals surface area (Å²) in [5.74, 6) is -1.05. The van der Waals surface area contributed by atoms with Crippen molar-refractivity contribution in [1.29, 1.82) is 0 Å². The summed E-state index contributed by atoms with van der Waals surface area (Å²) in [7, 11) is 0. The first-order valence-electron chi connectivity index (χ1n) is 11.7. The van der Waals surface area contributed by atoms with Crippen LogP contribution in [0.3, 0.4) is 0 Å². The molecule has 1 fully saturated rings. The Morgan fingerprint density at radius 1 is 0.771 bits per heavy atom. The Labute approximate surface area is 202 Å². The second kappa shape index (κ2) is 9.21. The molecule has 3 aromatic carbocycles. The summed E-state index contributed by atoms with van der Waals surface area (Å²) in [6.45, 7) is 1.72. The van der Waals surface area contributed by atoms with Crippen molar-refractivity contribution >= 4 is 34.4 Å². The normalized spacial score (nSPS) is 15.6. The van der Waals surface area contributed by atoms with Crippen molar-refractivity contribution in [2.45, 2.75) is 12.8 Å². The first-order valence-corrected chi connectivity index (χ1v) is 11.7. The highest BCUT2D eigenvalue weighted by atomic mass is 16.3. The van der Waals surface area contributed by atoms with Gasteiger partial charge in [-0.1, -0.05) is 36.4 Å². The van der Waals surface area contributed by atoms with Crippen molar-refractivity contribution in [3.8, 4) is 5.75 Å². The number of aromatic hydroxyl groups is 1. The summed E-state index contributed by atoms with van der Waals surface area (Å²) in [5.41, 5.74) is 1.27. The number of para-hydroxylation sites is 1. The van der Waals surface area contributed by atoms with Crippen LogP contribution in [0.4, 0.5) is 0 Å². The molecule has 0 bridgehead atoms. The van der Waals surface area contributed by atoms with Crippen molar-refractivity contribution in [2.24, 2.45) is 0 Å². The van der Waals surface area contributed by atoms with Gasteiger partial charge in [0.05, 0.1) is 5.56 Å². The lowest BCUT2D eigenvalue weighted by molar-refractivity contribution is -0.132. The van der Waals surface area contributed by atoms with E-state index < -0.39 is 0 Å². The number of imide groups is 1. The Morgan fingerprint density at radius 2 is 1.37 bits per heavy atom. The molecule has 0 aliphatic carbocycles. The fourth-order valence-corrected chi connectivity index (χ4v) is 4.81. The second-order valence-electron chi connectivity index (χ2n) is 8.76. The van der Waals surface area contributed by atoms with Gasteiger partial charge in [-0.05, 0) is 36.1 Å². The van der Waals surface area contributed by atoms with E-state index in [4.69, 9.17) is 0 Å². The van der Waals surface area contributed by atoms with Gasteiger partial charge in [-0.25, -0.2) is 0 Å². The minimum absolute atomic E-state index is 0.0586. The first kappa shape index (κ1) is 22.6. The molecule has 4 amide bonds. The maximum absolute atomic E-state index is 13.0. The number of phenolic OH excluding ortho intramolecular Hbond substituents is 1. The Morgan fingerprint density at radius 3 is 2.00 bits per heavy atom. The van der Waals surface area contributed by atoms with Gasteiger partial charge in [0.15, 0.2) is 0 Å². The van der Waals surface area contributed by atoms with Crippen molar-refractivity contribution in [2.75, 3.05) is 32.7 Å². The zero-order valence-corrected chi connectivity index (χ0v) is 19.1. The highest BCUT2D eigenvalue weighted by molar-refractivity contribution is 6.25. The van der Waals surface area contributed by atoms with E-state index in [-0.39, 0.29) is 47.9 Å². The minimum Gasteiger partial charge on any atom is -0.507 e. The number of benzene rings is 3. The molecule has 0 aromatic heterocycles. The van der Waals surface area contributed by atoms with Crippen LogP contribution < -0.4 is 0 Å². The Hall–Kier alpha value is -4.20. The van der Waals surface area contributed by atoms with Gasteiger partial charge in [-0.2, -0.15) is 0 Å². The molecule has 0 spiro atoms. The van der Waals surface area contributed by atoms with Crippen molar-refractivity contribution in [1.82, 2.24) is 14.7 Å². The molecule has 2 aliphatic heterocycles. The molecule has 8 nitrogen and oxygen atoms in total. The van der Waals surface area contributed by atoms with Crippen LogP contribution in [0.1, 0.15) is 43.9 Å². The molecule has 1 saturated heterocycles. The van der Waals surface area contributed by atoms with Crippen LogP contribution in [0.15, 0.2) is 60.7 Å². The molecule has 35 heavy (non-hydrogen) atoms. The number of hydrogen-bond donors (Lipinski definition) is 1. The van der Waals surface area contributed by atoms with E-state index in [0.717, 1.165) is 5.39 Å². The second-order valence-corrected chi connectivity index (χ2v) is 8.76. The maximum Gasteiger partial charge on any atom is 0.261 e. The molecule has 178 valence electrons. The molecule has 0 saturated carbocycles. The topological polar surface area (TPSA) is 98.2 Å². The third kappa shape index (κ3) is 4.12. The largest absolute Gasteiger partial charge is 0.507 e. The molecule has 2 heterocycles. The number of rotatable bonds is 5. The summed E-state index contributed by atoms with van der Waals surface area (Å²) in [6.07, 6.45) is 0.571. The molecule has 2 aliphatic rings. The van der Waals surface area contributed by atoms with Gasteiger partial charge in [0.2, 0.25) is 5.91 Å². The van der Waals surface area contributed by atoms with Gasteiger partial charge in [0, 0.05) is 55.7 Å². The van der Waals surface area contributed by atoms with Gasteiger partial charge in [0.1, 0.15) is 5.75 Å². The fraction of sp³-hybridized carbons (Fsp3) is 0.259. The van der Waals surface area contributed by atoms with E-state index in [9.17, 15) is 24.3 Å². The van der Waals surface area contributed by atoms with Crippen molar-refractivity contribution < 1.29 is 24.3 Å². The number of piperazine rings is 1. The highest BCUT2D eigenvalue weighted by Crippen LogP contribution is 2.30. The smallest absolute Gasteiger partial charge is 0.261 e. The van der Waals surface area contributed by atoms with Gasteiger partial charge < -0.3 is 14.9 Å². The molecule has 0 atom stereocenters. The Bertz CT molecular complexity index is 1290. The molecular formula is C27H25N3O5. The Kier molecular flexibility index (Phi) is 5.94. The van der Waals surface area contributed by atoms with Gasteiger partial charge in [-0.3, -0.25) is 24.1 Å². The summed E-state index contributed by atoms with van der Waals surface area (Å²) in [5, 5.41) is 11.5. The molecule has 0 radical (unpaired) electrons. The number of carbonyl (C=O) groups excluding carboxylic acids is 4. The molecule has 1 N–H and O–H groups in total. The lowest BCUT2D eigenvalue weighted by atomic mass is 9.94. The first-order chi connectivity index (χ1) is 17.0. The van der Waals surface area contributed by atoms with Crippen molar-refractivity contribution in [3.05, 3.63) is 77.4 Å². The van der Waals surface area contributed by atoms with E-state index >= 15 is 0 Å². The van der Waals surface area contributed by atoms with Crippen LogP contribution in [-0.4, -0.2) is 76.2 Å². The standard InChI is InChI=1S/C27H25N3O5/c31-22-11-2-1-8-19(22)25(33)29-16-14-28(15-17-29)23(32)12-5-13-30-26(34)20-9-3-6-18-7-4-10-21(24(18)20)27(30)35/h1-4,6-11,31H,5,12-17H2. The number of nitrogens with zero attached hydrogens (tertiary/aromatic N) is 3. The van der Waals surface area contributed by atoms with E-state index in [1.54, 1.807) is 52.3 Å². The van der Waals surface area contributed by atoms with Gasteiger partial charge in [-0.15, -0.1) is 0 Å². The average molecular weight is 472 g/mol. The third-order valence-electron chi connectivity index (χ3n) is 6.68. The van der Waals surface area contributed by atoms with Crippen LogP contribution in [0.2, 0.25) is 0 Å². The van der Waals surface area contributed by atoms with Gasteiger partial charge in [0.25, 0.3) is 17.7 Å². The van der Waals surface area contributed by atoms with E-state index in [2.05, 4.69) is 0 Å². The lowest BCUT2D eigenvalue weighted by Crippen LogP contribution is -2.50. The SMILES string of the molecule is O=C(CCCN1C(=O)c2cccc3cccc(c23)C1=O)N1CCN(C(=O)c2ccccc2O)CC1. The van der Waals surface area contributed by atoms with Crippen LogP contribution >= 0.6 is 0 Å². The van der Waals surface area contributed by atoms with E-state index in [1.165, 1.54) is 11.0 Å². The number of carbonyl (C=O) groups is 4. The summed E-state index contributed by atoms with van der Waals surface area (Å²) < 4.78 is 0. The quantitative estimate of drug-likeness (QED) is 0.577. The highest BCUT2D eigenvalue weighted by Gasteiger charge is 2.32. The number of hydrogen-bond acceptors (Lipinski definition) is 5. The summed E-state index contributed by atoms with van der Waals surface area (Å²) in [4.78, 5) is 55.9. The predicted octanol–water partition coefficient (Wildman–Crippen LogP) is 2.91. The molecular weight excluding hydrogens is 446 g/mol. The molecule has 3 aromatic rings.